The van der Waals surface area contributed by atoms with Gasteiger partial charge in [0.25, 0.3) is 5.91 Å². The van der Waals surface area contributed by atoms with Gasteiger partial charge in [0.1, 0.15) is 12.7 Å². The second-order valence-corrected chi connectivity index (χ2v) is 5.43. The fraction of sp³-hybridized carbons (Fsp3) is 0.400. The molecule has 2 rings (SSSR count). The van der Waals surface area contributed by atoms with E-state index in [9.17, 15) is 4.79 Å². The fourth-order valence-electron chi connectivity index (χ4n) is 2.18. The number of rotatable bonds is 6. The maximum atomic E-state index is 12.3. The molecule has 1 atom stereocenters. The molecule has 3 N–H and O–H groups in total. The second kappa shape index (κ2) is 6.99. The van der Waals surface area contributed by atoms with Crippen molar-refractivity contribution in [2.45, 2.75) is 26.3 Å². The molecule has 0 aliphatic carbocycles. The molecule has 0 spiro atoms. The van der Waals surface area contributed by atoms with Crippen LogP contribution in [0, 0.1) is 5.92 Å². The standard InChI is InChI=1S/C15H21N5O/c1-11(2)6-13(8-16)19-15(21)12-4-3-5-14(7-12)20-10-17-9-18-20/h3-5,7,9-11,13H,6,8,16H2,1-2H3,(H,19,21). The Bertz CT molecular complexity index is 580. The Balaban J connectivity index is 2.10. The molecule has 6 nitrogen and oxygen atoms in total. The van der Waals surface area contributed by atoms with E-state index >= 15 is 0 Å². The molecule has 0 bridgehead atoms. The van der Waals surface area contributed by atoms with E-state index in [0.29, 0.717) is 18.0 Å². The average Bonchev–Trinajstić information content (AvgIpc) is 3.00. The molecule has 1 unspecified atom stereocenters. The Labute approximate surface area is 124 Å². The van der Waals surface area contributed by atoms with Crippen molar-refractivity contribution in [2.75, 3.05) is 6.54 Å². The number of nitrogens with one attached hydrogen (secondary N) is 1. The van der Waals surface area contributed by atoms with Gasteiger partial charge in [-0.3, -0.25) is 4.79 Å². The Kier molecular flexibility index (Phi) is 5.05. The van der Waals surface area contributed by atoms with Gasteiger partial charge in [-0.05, 0) is 30.5 Å². The van der Waals surface area contributed by atoms with Crippen LogP contribution in [0.15, 0.2) is 36.9 Å². The van der Waals surface area contributed by atoms with Gasteiger partial charge in [0.15, 0.2) is 0 Å². The van der Waals surface area contributed by atoms with Gasteiger partial charge in [-0.1, -0.05) is 19.9 Å². The predicted octanol–water partition coefficient (Wildman–Crippen LogP) is 1.37. The van der Waals surface area contributed by atoms with Gasteiger partial charge < -0.3 is 11.1 Å². The lowest BCUT2D eigenvalue weighted by molar-refractivity contribution is 0.0933. The van der Waals surface area contributed by atoms with E-state index in [1.165, 1.54) is 6.33 Å². The first-order chi connectivity index (χ1) is 10.1. The molecule has 0 aliphatic heterocycles. The van der Waals surface area contributed by atoms with Gasteiger partial charge in [0, 0.05) is 18.2 Å². The summed E-state index contributed by atoms with van der Waals surface area (Å²) in [5.74, 6) is 0.369. The number of benzene rings is 1. The highest BCUT2D eigenvalue weighted by Gasteiger charge is 2.14. The third kappa shape index (κ3) is 4.13. The summed E-state index contributed by atoms with van der Waals surface area (Å²) in [7, 11) is 0. The Morgan fingerprint density at radius 1 is 1.43 bits per heavy atom. The molecule has 0 fully saturated rings. The molecule has 21 heavy (non-hydrogen) atoms. The summed E-state index contributed by atoms with van der Waals surface area (Å²) in [6.07, 6.45) is 3.92. The van der Waals surface area contributed by atoms with Crippen LogP contribution < -0.4 is 11.1 Å². The van der Waals surface area contributed by atoms with Gasteiger partial charge in [0.2, 0.25) is 0 Å². The highest BCUT2D eigenvalue weighted by Crippen LogP contribution is 2.10. The minimum absolute atomic E-state index is 0.00692. The highest BCUT2D eigenvalue weighted by atomic mass is 16.1. The molecule has 2 aromatic rings. The Hall–Kier alpha value is -2.21. The molecule has 1 amide bonds. The summed E-state index contributed by atoms with van der Waals surface area (Å²) in [5.41, 5.74) is 7.10. The predicted molar refractivity (Wildman–Crippen MR) is 81.1 cm³/mol. The van der Waals surface area contributed by atoms with Gasteiger partial charge in [-0.15, -0.1) is 0 Å². The number of amides is 1. The lowest BCUT2D eigenvalue weighted by atomic mass is 10.0. The molecule has 0 radical (unpaired) electrons. The molecular formula is C15H21N5O. The van der Waals surface area contributed by atoms with E-state index in [0.717, 1.165) is 12.1 Å². The summed E-state index contributed by atoms with van der Waals surface area (Å²) < 4.78 is 1.62. The third-order valence-corrected chi connectivity index (χ3v) is 3.17. The molecule has 1 aromatic carbocycles. The second-order valence-electron chi connectivity index (χ2n) is 5.43. The summed E-state index contributed by atoms with van der Waals surface area (Å²) in [5, 5.41) is 7.03. The summed E-state index contributed by atoms with van der Waals surface area (Å²) >= 11 is 0. The van der Waals surface area contributed by atoms with E-state index in [4.69, 9.17) is 5.73 Å². The zero-order valence-electron chi connectivity index (χ0n) is 12.4. The van der Waals surface area contributed by atoms with Crippen LogP contribution >= 0.6 is 0 Å². The molecule has 1 aromatic heterocycles. The normalized spacial score (nSPS) is 12.4. The molecule has 6 heteroatoms. The van der Waals surface area contributed by atoms with E-state index < -0.39 is 0 Å². The minimum atomic E-state index is -0.118. The van der Waals surface area contributed by atoms with Crippen molar-refractivity contribution in [3.05, 3.63) is 42.5 Å². The fourth-order valence-corrected chi connectivity index (χ4v) is 2.18. The first kappa shape index (κ1) is 15.2. The molecule has 112 valence electrons. The number of aromatic nitrogens is 3. The van der Waals surface area contributed by atoms with Crippen molar-refractivity contribution in [3.8, 4) is 5.69 Å². The van der Waals surface area contributed by atoms with Crippen molar-refractivity contribution in [3.63, 3.8) is 0 Å². The van der Waals surface area contributed by atoms with Crippen molar-refractivity contribution in [1.29, 1.82) is 0 Å². The van der Waals surface area contributed by atoms with Crippen molar-refractivity contribution in [2.24, 2.45) is 11.7 Å². The van der Waals surface area contributed by atoms with Crippen LogP contribution in [0.2, 0.25) is 0 Å². The van der Waals surface area contributed by atoms with Gasteiger partial charge in [0.05, 0.1) is 5.69 Å². The van der Waals surface area contributed by atoms with Gasteiger partial charge in [-0.2, -0.15) is 5.10 Å². The maximum Gasteiger partial charge on any atom is 0.251 e. The third-order valence-electron chi connectivity index (χ3n) is 3.17. The van der Waals surface area contributed by atoms with E-state index in [-0.39, 0.29) is 11.9 Å². The summed E-state index contributed by atoms with van der Waals surface area (Å²) in [6.45, 7) is 4.66. The molecule has 0 aliphatic rings. The summed E-state index contributed by atoms with van der Waals surface area (Å²) in [4.78, 5) is 16.2. The van der Waals surface area contributed by atoms with Crippen LogP contribution in [0.4, 0.5) is 0 Å². The van der Waals surface area contributed by atoms with Gasteiger partial charge >= 0.3 is 0 Å². The Morgan fingerprint density at radius 3 is 2.86 bits per heavy atom. The minimum Gasteiger partial charge on any atom is -0.348 e. The summed E-state index contributed by atoms with van der Waals surface area (Å²) in [6, 6.07) is 7.25. The van der Waals surface area contributed by atoms with E-state index in [1.807, 2.05) is 12.1 Å². The SMILES string of the molecule is CC(C)CC(CN)NC(=O)c1cccc(-n2cncn2)c1. The lowest BCUT2D eigenvalue weighted by Crippen LogP contribution is -2.41. The first-order valence-electron chi connectivity index (χ1n) is 7.06. The first-order valence-corrected chi connectivity index (χ1v) is 7.06. The topological polar surface area (TPSA) is 85.8 Å². The maximum absolute atomic E-state index is 12.3. The monoisotopic (exact) mass is 287 g/mol. The largest absolute Gasteiger partial charge is 0.348 e. The van der Waals surface area contributed by atoms with Crippen LogP contribution in [0.1, 0.15) is 30.6 Å². The van der Waals surface area contributed by atoms with Crippen LogP contribution in [-0.2, 0) is 0 Å². The molecular weight excluding hydrogens is 266 g/mol. The number of hydrogen-bond donors (Lipinski definition) is 2. The average molecular weight is 287 g/mol. The zero-order chi connectivity index (χ0) is 15.2. The van der Waals surface area contributed by atoms with Crippen molar-refractivity contribution in [1.82, 2.24) is 20.1 Å². The van der Waals surface area contributed by atoms with Crippen LogP contribution in [0.3, 0.4) is 0 Å². The molecule has 0 saturated carbocycles. The molecule has 0 saturated heterocycles. The van der Waals surface area contributed by atoms with Crippen LogP contribution in [0.5, 0.6) is 0 Å². The van der Waals surface area contributed by atoms with Crippen LogP contribution in [0.25, 0.3) is 5.69 Å². The van der Waals surface area contributed by atoms with Gasteiger partial charge in [-0.25, -0.2) is 9.67 Å². The number of nitrogens with zero attached hydrogens (tertiary/aromatic N) is 3. The number of carbonyl (C=O) groups is 1. The highest BCUT2D eigenvalue weighted by molar-refractivity contribution is 5.94. The lowest BCUT2D eigenvalue weighted by Gasteiger charge is -2.19. The zero-order valence-corrected chi connectivity index (χ0v) is 12.4. The Morgan fingerprint density at radius 2 is 2.24 bits per heavy atom. The van der Waals surface area contributed by atoms with Crippen molar-refractivity contribution < 1.29 is 4.79 Å². The smallest absolute Gasteiger partial charge is 0.251 e. The van der Waals surface area contributed by atoms with E-state index in [2.05, 4.69) is 29.2 Å². The number of hydrogen-bond acceptors (Lipinski definition) is 4. The van der Waals surface area contributed by atoms with Crippen molar-refractivity contribution >= 4 is 5.91 Å². The number of nitrogens with two attached hydrogens (primary N) is 1. The quantitative estimate of drug-likeness (QED) is 0.840. The van der Waals surface area contributed by atoms with E-state index in [1.54, 1.807) is 23.1 Å². The van der Waals surface area contributed by atoms with Crippen LogP contribution in [-0.4, -0.2) is 33.3 Å². The molecule has 1 heterocycles. The number of carbonyl (C=O) groups excluding carboxylic acids is 1.